The zero-order valence-electron chi connectivity index (χ0n) is 16.0. The van der Waals surface area contributed by atoms with Crippen molar-refractivity contribution in [1.29, 1.82) is 0 Å². The molecule has 2 aromatic carbocycles. The lowest BCUT2D eigenvalue weighted by molar-refractivity contribution is -0.384. The fourth-order valence-electron chi connectivity index (χ4n) is 3.06. The highest BCUT2D eigenvalue weighted by Crippen LogP contribution is 2.29. The summed E-state index contributed by atoms with van der Waals surface area (Å²) in [5, 5.41) is 15.4. The second-order valence-electron chi connectivity index (χ2n) is 6.43. The molecule has 3 rings (SSSR count). The molecule has 8 heteroatoms. The molecule has 0 radical (unpaired) electrons. The van der Waals surface area contributed by atoms with Crippen molar-refractivity contribution >= 4 is 17.6 Å². The van der Waals surface area contributed by atoms with Gasteiger partial charge in [-0.15, -0.1) is 0 Å². The number of nitrogens with zero attached hydrogens (tertiary/aromatic N) is 3. The minimum absolute atomic E-state index is 0.0474. The van der Waals surface area contributed by atoms with Gasteiger partial charge >= 0.3 is 0 Å². The van der Waals surface area contributed by atoms with E-state index in [0.717, 1.165) is 16.9 Å². The Morgan fingerprint density at radius 2 is 2.04 bits per heavy atom. The van der Waals surface area contributed by atoms with Crippen molar-refractivity contribution < 1.29 is 19.2 Å². The van der Waals surface area contributed by atoms with Crippen LogP contribution in [0.2, 0.25) is 0 Å². The van der Waals surface area contributed by atoms with Crippen LogP contribution in [0.25, 0.3) is 0 Å². The van der Waals surface area contributed by atoms with Crippen LogP contribution in [0.5, 0.6) is 5.75 Å². The van der Waals surface area contributed by atoms with Gasteiger partial charge in [0.05, 0.1) is 31.5 Å². The molecule has 0 aliphatic carbocycles. The Bertz CT molecular complexity index is 863. The first-order valence-electron chi connectivity index (χ1n) is 8.98. The van der Waals surface area contributed by atoms with Gasteiger partial charge in [-0.1, -0.05) is 22.9 Å². The number of ether oxygens (including phenoxy) is 2. The minimum Gasteiger partial charge on any atom is -0.496 e. The van der Waals surface area contributed by atoms with Gasteiger partial charge in [-0.2, -0.15) is 0 Å². The Hall–Kier alpha value is -3.13. The summed E-state index contributed by atoms with van der Waals surface area (Å²) in [7, 11) is 1.60. The molecule has 0 atom stereocenters. The van der Waals surface area contributed by atoms with Gasteiger partial charge in [0.2, 0.25) is 0 Å². The summed E-state index contributed by atoms with van der Waals surface area (Å²) in [4.78, 5) is 18.4. The van der Waals surface area contributed by atoms with Gasteiger partial charge in [0.1, 0.15) is 18.0 Å². The van der Waals surface area contributed by atoms with E-state index in [1.165, 1.54) is 12.3 Å². The van der Waals surface area contributed by atoms with E-state index in [0.29, 0.717) is 37.6 Å². The van der Waals surface area contributed by atoms with Crippen molar-refractivity contribution in [2.24, 2.45) is 5.16 Å². The van der Waals surface area contributed by atoms with Crippen molar-refractivity contribution in [2.45, 2.75) is 13.5 Å². The standard InChI is InChI=1S/C20H23N3O5/c1-15-3-6-20(26-2)17(11-15)14-28-21-13-16-4-5-18(19(12-16)23(24)25)22-7-9-27-10-8-22/h3-6,11-13H,7-10,14H2,1-2H3/b21-13-. The quantitative estimate of drug-likeness (QED) is 0.413. The fourth-order valence-corrected chi connectivity index (χ4v) is 3.06. The number of methoxy groups -OCH3 is 1. The second-order valence-corrected chi connectivity index (χ2v) is 6.43. The average Bonchev–Trinajstić information content (AvgIpc) is 2.72. The van der Waals surface area contributed by atoms with Gasteiger partial charge in [-0.3, -0.25) is 10.1 Å². The van der Waals surface area contributed by atoms with E-state index in [2.05, 4.69) is 5.16 Å². The Labute approximate surface area is 163 Å². The van der Waals surface area contributed by atoms with Crippen LogP contribution >= 0.6 is 0 Å². The third-order valence-corrected chi connectivity index (χ3v) is 4.48. The van der Waals surface area contributed by atoms with Gasteiger partial charge in [0.25, 0.3) is 5.69 Å². The topological polar surface area (TPSA) is 86.4 Å². The molecule has 1 saturated heterocycles. The monoisotopic (exact) mass is 385 g/mol. The summed E-state index contributed by atoms with van der Waals surface area (Å²) in [5.74, 6) is 0.728. The third kappa shape index (κ3) is 4.77. The lowest BCUT2D eigenvalue weighted by Crippen LogP contribution is -2.36. The first kappa shape index (κ1) is 19.6. The summed E-state index contributed by atoms with van der Waals surface area (Å²) in [5.41, 5.74) is 3.22. The largest absolute Gasteiger partial charge is 0.496 e. The predicted molar refractivity (Wildman–Crippen MR) is 106 cm³/mol. The highest BCUT2D eigenvalue weighted by molar-refractivity contribution is 5.83. The van der Waals surface area contributed by atoms with E-state index in [9.17, 15) is 10.1 Å². The van der Waals surface area contributed by atoms with Gasteiger partial charge in [-0.05, 0) is 25.1 Å². The summed E-state index contributed by atoms with van der Waals surface area (Å²) in [6.45, 7) is 4.63. The number of rotatable bonds is 7. The van der Waals surface area contributed by atoms with Gasteiger partial charge < -0.3 is 19.2 Å². The van der Waals surface area contributed by atoms with E-state index in [4.69, 9.17) is 14.3 Å². The Morgan fingerprint density at radius 3 is 2.75 bits per heavy atom. The predicted octanol–water partition coefficient (Wildman–Crippen LogP) is 3.30. The highest BCUT2D eigenvalue weighted by Gasteiger charge is 2.21. The summed E-state index contributed by atoms with van der Waals surface area (Å²) < 4.78 is 10.6. The molecular formula is C20H23N3O5. The number of oxime groups is 1. The van der Waals surface area contributed by atoms with Crippen LogP contribution in [0.15, 0.2) is 41.6 Å². The van der Waals surface area contributed by atoms with Gasteiger partial charge in [0.15, 0.2) is 0 Å². The van der Waals surface area contributed by atoms with Crippen molar-refractivity contribution in [3.8, 4) is 5.75 Å². The van der Waals surface area contributed by atoms with E-state index < -0.39 is 0 Å². The molecule has 1 fully saturated rings. The summed E-state index contributed by atoms with van der Waals surface area (Å²) in [6, 6.07) is 10.8. The fraction of sp³-hybridized carbons (Fsp3) is 0.350. The molecule has 0 spiro atoms. The average molecular weight is 385 g/mol. The molecule has 0 amide bonds. The molecule has 148 valence electrons. The summed E-state index contributed by atoms with van der Waals surface area (Å²) >= 11 is 0. The lowest BCUT2D eigenvalue weighted by atomic mass is 10.1. The molecule has 0 bridgehead atoms. The number of nitro groups is 1. The molecule has 0 N–H and O–H groups in total. The number of hydrogen-bond acceptors (Lipinski definition) is 7. The van der Waals surface area contributed by atoms with Crippen LogP contribution in [0, 0.1) is 17.0 Å². The van der Waals surface area contributed by atoms with Crippen LogP contribution in [0.3, 0.4) is 0 Å². The van der Waals surface area contributed by atoms with E-state index in [-0.39, 0.29) is 17.2 Å². The molecule has 0 unspecified atom stereocenters. The Balaban J connectivity index is 1.69. The van der Waals surface area contributed by atoms with E-state index in [1.54, 1.807) is 19.2 Å². The van der Waals surface area contributed by atoms with Crippen molar-refractivity contribution in [3.05, 3.63) is 63.2 Å². The molecule has 8 nitrogen and oxygen atoms in total. The lowest BCUT2D eigenvalue weighted by Gasteiger charge is -2.28. The van der Waals surface area contributed by atoms with E-state index in [1.807, 2.05) is 30.0 Å². The number of aryl methyl sites for hydroxylation is 1. The SMILES string of the molecule is COc1ccc(C)cc1CO/N=C\c1ccc(N2CCOCC2)c([N+](=O)[O-])c1. The molecule has 1 aliphatic rings. The zero-order valence-corrected chi connectivity index (χ0v) is 16.0. The third-order valence-electron chi connectivity index (χ3n) is 4.48. The van der Waals surface area contributed by atoms with Crippen LogP contribution in [0.4, 0.5) is 11.4 Å². The number of anilines is 1. The molecule has 1 heterocycles. The Morgan fingerprint density at radius 1 is 1.25 bits per heavy atom. The number of benzene rings is 2. The maximum Gasteiger partial charge on any atom is 0.293 e. The molecule has 0 saturated carbocycles. The number of morpholine rings is 1. The van der Waals surface area contributed by atoms with Crippen molar-refractivity contribution in [3.63, 3.8) is 0 Å². The minimum atomic E-state index is -0.374. The smallest absolute Gasteiger partial charge is 0.293 e. The molecule has 28 heavy (non-hydrogen) atoms. The molecule has 1 aliphatic heterocycles. The molecule has 0 aromatic heterocycles. The second kappa shape index (κ2) is 9.18. The maximum atomic E-state index is 11.5. The molecular weight excluding hydrogens is 362 g/mol. The van der Waals surface area contributed by atoms with Crippen molar-refractivity contribution in [1.82, 2.24) is 0 Å². The zero-order chi connectivity index (χ0) is 19.9. The number of nitro benzene ring substituents is 1. The summed E-state index contributed by atoms with van der Waals surface area (Å²) in [6.07, 6.45) is 1.47. The van der Waals surface area contributed by atoms with Crippen molar-refractivity contribution in [2.75, 3.05) is 38.3 Å². The first-order chi connectivity index (χ1) is 13.6. The van der Waals surface area contributed by atoms with Crippen LogP contribution in [0.1, 0.15) is 16.7 Å². The van der Waals surface area contributed by atoms with Gasteiger partial charge in [-0.25, -0.2) is 0 Å². The van der Waals surface area contributed by atoms with Gasteiger partial charge in [0, 0.05) is 30.3 Å². The van der Waals surface area contributed by atoms with Crippen LogP contribution in [-0.2, 0) is 16.2 Å². The van der Waals surface area contributed by atoms with Crippen LogP contribution < -0.4 is 9.64 Å². The molecule has 2 aromatic rings. The Kier molecular flexibility index (Phi) is 6.44. The highest BCUT2D eigenvalue weighted by atomic mass is 16.6. The van der Waals surface area contributed by atoms with Crippen LogP contribution in [-0.4, -0.2) is 44.6 Å². The normalized spacial score (nSPS) is 14.3. The van der Waals surface area contributed by atoms with E-state index >= 15 is 0 Å². The first-order valence-corrected chi connectivity index (χ1v) is 8.98. The maximum absolute atomic E-state index is 11.5. The number of hydrogen-bond donors (Lipinski definition) is 0.